The Kier molecular flexibility index (Phi) is 4.43. The first-order chi connectivity index (χ1) is 12.0. The van der Waals surface area contributed by atoms with Crippen LogP contribution in [-0.4, -0.2) is 37.3 Å². The van der Waals surface area contributed by atoms with E-state index in [2.05, 4.69) is 27.3 Å². The van der Waals surface area contributed by atoms with Crippen molar-refractivity contribution in [3.05, 3.63) is 17.5 Å². The number of nitrogens with zero attached hydrogens (tertiary/aromatic N) is 4. The van der Waals surface area contributed by atoms with E-state index in [0.717, 1.165) is 23.2 Å². The first kappa shape index (κ1) is 16.8. The Labute approximate surface area is 152 Å². The van der Waals surface area contributed by atoms with Gasteiger partial charge in [0.15, 0.2) is 0 Å². The van der Waals surface area contributed by atoms with Crippen molar-refractivity contribution in [3.8, 4) is 0 Å². The molecule has 25 heavy (non-hydrogen) atoms. The van der Waals surface area contributed by atoms with Crippen LogP contribution >= 0.6 is 11.8 Å². The summed E-state index contributed by atoms with van der Waals surface area (Å²) < 4.78 is 1.73. The second-order valence-electron chi connectivity index (χ2n) is 7.63. The van der Waals surface area contributed by atoms with Crippen LogP contribution in [0.3, 0.4) is 0 Å². The number of fused-ring (bicyclic) bond motifs is 3. The highest BCUT2D eigenvalue weighted by atomic mass is 32.2. The largest absolute Gasteiger partial charge is 0.353 e. The lowest BCUT2D eigenvalue weighted by Gasteiger charge is -2.28. The quantitative estimate of drug-likeness (QED) is 0.831. The molecule has 4 rings (SSSR count). The van der Waals surface area contributed by atoms with Crippen molar-refractivity contribution in [3.63, 3.8) is 0 Å². The van der Waals surface area contributed by atoms with Crippen molar-refractivity contribution < 1.29 is 4.79 Å². The smallest absolute Gasteiger partial charge is 0.253 e. The van der Waals surface area contributed by atoms with Crippen LogP contribution in [0.1, 0.15) is 44.0 Å². The molecule has 4 atom stereocenters. The van der Waals surface area contributed by atoms with Gasteiger partial charge < -0.3 is 5.32 Å². The normalized spacial score (nSPS) is 26.3. The van der Waals surface area contributed by atoms with Crippen LogP contribution in [0.15, 0.2) is 11.2 Å². The predicted octanol–water partition coefficient (Wildman–Crippen LogP) is 2.77. The molecule has 2 aromatic rings. The molecule has 2 aliphatic carbocycles. The van der Waals surface area contributed by atoms with Crippen LogP contribution < -0.4 is 5.32 Å². The first-order valence-electron chi connectivity index (χ1n) is 9.13. The number of thioether (sulfide) groups is 1. The van der Waals surface area contributed by atoms with Gasteiger partial charge in [-0.2, -0.15) is 4.98 Å². The van der Waals surface area contributed by atoms with Gasteiger partial charge in [-0.25, -0.2) is 9.50 Å². The highest BCUT2D eigenvalue weighted by Gasteiger charge is 2.42. The van der Waals surface area contributed by atoms with E-state index in [0.29, 0.717) is 22.6 Å². The summed E-state index contributed by atoms with van der Waals surface area (Å²) in [5.41, 5.74) is 1.92. The average Bonchev–Trinajstić information content (AvgIpc) is 3.27. The number of aromatic nitrogens is 4. The predicted molar refractivity (Wildman–Crippen MR) is 97.5 cm³/mol. The molecule has 7 heteroatoms. The fourth-order valence-electron chi connectivity index (χ4n) is 4.65. The van der Waals surface area contributed by atoms with Crippen molar-refractivity contribution in [2.24, 2.45) is 17.8 Å². The maximum Gasteiger partial charge on any atom is 0.253 e. The van der Waals surface area contributed by atoms with Gasteiger partial charge >= 0.3 is 0 Å². The zero-order valence-electron chi connectivity index (χ0n) is 15.0. The zero-order valence-corrected chi connectivity index (χ0v) is 15.8. The molecule has 1 N–H and O–H groups in total. The van der Waals surface area contributed by atoms with Gasteiger partial charge in [-0.15, -0.1) is 5.10 Å². The van der Waals surface area contributed by atoms with Gasteiger partial charge in [0.05, 0.1) is 5.75 Å². The second-order valence-corrected chi connectivity index (χ2v) is 8.57. The number of aryl methyl sites for hydroxylation is 2. The van der Waals surface area contributed by atoms with Crippen LogP contribution in [0.5, 0.6) is 0 Å². The van der Waals surface area contributed by atoms with E-state index < -0.39 is 0 Å². The van der Waals surface area contributed by atoms with Crippen molar-refractivity contribution in [1.29, 1.82) is 0 Å². The molecule has 0 spiro atoms. The third kappa shape index (κ3) is 3.38. The maximum atomic E-state index is 12.3. The Hall–Kier alpha value is -1.63. The van der Waals surface area contributed by atoms with E-state index >= 15 is 0 Å². The van der Waals surface area contributed by atoms with E-state index in [1.807, 2.05) is 19.9 Å². The summed E-state index contributed by atoms with van der Waals surface area (Å²) in [4.78, 5) is 21.1. The van der Waals surface area contributed by atoms with E-state index in [1.54, 1.807) is 4.52 Å². The van der Waals surface area contributed by atoms with Crippen molar-refractivity contribution >= 4 is 23.4 Å². The molecule has 0 radical (unpaired) electrons. The summed E-state index contributed by atoms with van der Waals surface area (Å²) >= 11 is 1.37. The lowest BCUT2D eigenvalue weighted by molar-refractivity contribution is -0.119. The van der Waals surface area contributed by atoms with Crippen LogP contribution in [0, 0.1) is 31.6 Å². The molecule has 2 fully saturated rings. The molecular weight excluding hydrogens is 334 g/mol. The summed E-state index contributed by atoms with van der Waals surface area (Å²) in [6.07, 6.45) is 5.40. The molecule has 2 saturated carbocycles. The van der Waals surface area contributed by atoms with E-state index in [-0.39, 0.29) is 11.9 Å². The monoisotopic (exact) mass is 359 g/mol. The fraction of sp³-hybridized carbons (Fsp3) is 0.667. The highest BCUT2D eigenvalue weighted by Crippen LogP contribution is 2.49. The minimum atomic E-state index is 0.0694. The summed E-state index contributed by atoms with van der Waals surface area (Å²) in [6.45, 7) is 6.08. The zero-order chi connectivity index (χ0) is 17.6. The molecular formula is C18H25N5OS. The Morgan fingerprint density at radius 1 is 1.36 bits per heavy atom. The fourth-order valence-corrected chi connectivity index (χ4v) is 5.28. The van der Waals surface area contributed by atoms with E-state index in [1.165, 1.54) is 37.4 Å². The summed E-state index contributed by atoms with van der Waals surface area (Å²) in [7, 11) is 0. The number of nitrogens with one attached hydrogen (secondary N) is 1. The maximum absolute atomic E-state index is 12.3. The molecule has 0 aromatic carbocycles. The van der Waals surface area contributed by atoms with Crippen LogP contribution in [0.25, 0.3) is 5.78 Å². The molecule has 4 unspecified atom stereocenters. The van der Waals surface area contributed by atoms with E-state index in [9.17, 15) is 4.79 Å². The van der Waals surface area contributed by atoms with Crippen LogP contribution in [0.4, 0.5) is 0 Å². The second kappa shape index (κ2) is 6.59. The summed E-state index contributed by atoms with van der Waals surface area (Å²) in [5, 5.41) is 8.23. The Morgan fingerprint density at radius 2 is 2.20 bits per heavy atom. The lowest BCUT2D eigenvalue weighted by Crippen LogP contribution is -2.40. The molecule has 0 saturated heterocycles. The molecule has 2 aromatic heterocycles. The van der Waals surface area contributed by atoms with Gasteiger partial charge in [-0.1, -0.05) is 18.2 Å². The third-order valence-corrected chi connectivity index (χ3v) is 6.59. The molecule has 2 aliphatic rings. The topological polar surface area (TPSA) is 72.2 Å². The molecule has 6 nitrogen and oxygen atoms in total. The van der Waals surface area contributed by atoms with Gasteiger partial charge in [0.1, 0.15) is 0 Å². The van der Waals surface area contributed by atoms with E-state index in [4.69, 9.17) is 0 Å². The summed E-state index contributed by atoms with van der Waals surface area (Å²) in [5.74, 6) is 3.40. The highest BCUT2D eigenvalue weighted by molar-refractivity contribution is 7.99. The number of hydrogen-bond donors (Lipinski definition) is 1. The average molecular weight is 359 g/mol. The number of amides is 1. The van der Waals surface area contributed by atoms with Crippen LogP contribution in [-0.2, 0) is 4.79 Å². The minimum Gasteiger partial charge on any atom is -0.353 e. The third-order valence-electron chi connectivity index (χ3n) is 5.75. The van der Waals surface area contributed by atoms with Crippen molar-refractivity contribution in [1.82, 2.24) is 24.9 Å². The number of carbonyl (C=O) groups is 1. The summed E-state index contributed by atoms with van der Waals surface area (Å²) in [6, 6.07) is 2.24. The molecule has 134 valence electrons. The van der Waals surface area contributed by atoms with Gasteiger partial charge in [-0.05, 0) is 63.9 Å². The van der Waals surface area contributed by atoms with Gasteiger partial charge in [0.2, 0.25) is 11.1 Å². The molecule has 1 amide bonds. The number of rotatable bonds is 5. The molecule has 2 heterocycles. The van der Waals surface area contributed by atoms with Crippen molar-refractivity contribution in [2.45, 2.75) is 57.7 Å². The Bertz CT molecular complexity index is 804. The Balaban J connectivity index is 1.33. The lowest BCUT2D eigenvalue weighted by atomic mass is 9.84. The van der Waals surface area contributed by atoms with Gasteiger partial charge in [-0.3, -0.25) is 4.79 Å². The standard InChI is InChI=1S/C18H25N5OS/c1-10-6-11(2)23-17(19-10)21-18(22-23)25-9-16(24)20-12(3)15-8-13-4-5-14(15)7-13/h6,12-15H,4-5,7-9H2,1-3H3,(H,20,24). The van der Waals surface area contributed by atoms with Gasteiger partial charge in [0, 0.05) is 17.4 Å². The van der Waals surface area contributed by atoms with Gasteiger partial charge in [0.25, 0.3) is 5.78 Å². The number of hydrogen-bond acceptors (Lipinski definition) is 5. The number of carbonyl (C=O) groups excluding carboxylic acids is 1. The van der Waals surface area contributed by atoms with Crippen LogP contribution in [0.2, 0.25) is 0 Å². The first-order valence-corrected chi connectivity index (χ1v) is 10.1. The SMILES string of the molecule is Cc1cc(C)n2nc(SCC(=O)NC(C)C3CC4CCC3C4)nc2n1. The molecule has 2 bridgehead atoms. The van der Waals surface area contributed by atoms with Crippen molar-refractivity contribution in [2.75, 3.05) is 5.75 Å². The Morgan fingerprint density at radius 3 is 2.92 bits per heavy atom. The molecule has 0 aliphatic heterocycles. The minimum absolute atomic E-state index is 0.0694.